The van der Waals surface area contributed by atoms with Gasteiger partial charge in [0.15, 0.2) is 0 Å². The molecular formula is C23H27ClF3N3O5S. The molecular weight excluding hydrogens is 523 g/mol. The monoisotopic (exact) mass is 549 g/mol. The van der Waals surface area contributed by atoms with Crippen LogP contribution in [0.3, 0.4) is 0 Å². The van der Waals surface area contributed by atoms with Crippen molar-refractivity contribution in [2.24, 2.45) is 0 Å². The van der Waals surface area contributed by atoms with Gasteiger partial charge in [0, 0.05) is 49.9 Å². The van der Waals surface area contributed by atoms with E-state index in [2.05, 4.69) is 5.32 Å². The third kappa shape index (κ3) is 9.08. The van der Waals surface area contributed by atoms with E-state index < -0.39 is 22.2 Å². The van der Waals surface area contributed by atoms with E-state index in [-0.39, 0.29) is 24.7 Å². The van der Waals surface area contributed by atoms with Gasteiger partial charge in [-0.15, -0.1) is 0 Å². The largest absolute Gasteiger partial charge is 0.490 e. The molecule has 1 saturated heterocycles. The predicted molar refractivity (Wildman–Crippen MR) is 129 cm³/mol. The first kappa shape index (κ1) is 29.6. The fourth-order valence-corrected chi connectivity index (χ4v) is 4.97. The molecule has 0 saturated carbocycles. The van der Waals surface area contributed by atoms with Crippen LogP contribution in [0, 0.1) is 6.92 Å². The van der Waals surface area contributed by atoms with Gasteiger partial charge in [-0.1, -0.05) is 47.5 Å². The summed E-state index contributed by atoms with van der Waals surface area (Å²) < 4.78 is 58.7. The molecule has 1 aliphatic rings. The fourth-order valence-electron chi connectivity index (χ4n) is 3.32. The molecule has 0 spiro atoms. The number of rotatable bonds is 7. The maximum atomic E-state index is 13.2. The number of carbonyl (C=O) groups excluding carboxylic acids is 1. The minimum Gasteiger partial charge on any atom is -0.475 e. The highest BCUT2D eigenvalue weighted by atomic mass is 35.5. The number of aliphatic carboxylic acids is 1. The molecule has 1 aliphatic heterocycles. The minimum absolute atomic E-state index is 0.101. The van der Waals surface area contributed by atoms with Crippen molar-refractivity contribution >= 4 is 33.5 Å². The molecule has 198 valence electrons. The van der Waals surface area contributed by atoms with E-state index in [0.29, 0.717) is 36.8 Å². The van der Waals surface area contributed by atoms with Gasteiger partial charge in [0.1, 0.15) is 0 Å². The summed E-state index contributed by atoms with van der Waals surface area (Å²) in [4.78, 5) is 23.6. The highest BCUT2D eigenvalue weighted by molar-refractivity contribution is 7.89. The summed E-state index contributed by atoms with van der Waals surface area (Å²) in [6, 6.07) is 14.6. The van der Waals surface area contributed by atoms with Crippen molar-refractivity contribution in [2.45, 2.75) is 19.6 Å². The van der Waals surface area contributed by atoms with Crippen molar-refractivity contribution in [1.29, 1.82) is 0 Å². The minimum atomic E-state index is -5.08. The second-order valence-corrected chi connectivity index (χ2v) is 10.5. The van der Waals surface area contributed by atoms with Crippen LogP contribution >= 0.6 is 11.6 Å². The van der Waals surface area contributed by atoms with Crippen LogP contribution in [0.15, 0.2) is 48.5 Å². The highest BCUT2D eigenvalue weighted by Gasteiger charge is 2.38. The van der Waals surface area contributed by atoms with Gasteiger partial charge in [-0.3, -0.25) is 4.79 Å². The lowest BCUT2D eigenvalue weighted by atomic mass is 10.1. The number of carboxylic acid groups (broad SMARTS) is 1. The van der Waals surface area contributed by atoms with Gasteiger partial charge in [0.25, 0.3) is 5.91 Å². The standard InChI is InChI=1S/C21H26ClN3O3S.C2HF3O2/c1-17-5-4-7-18(15-17)21(26)24(16-19-6-2-3-8-20(19)22)13-14-29(27,28)25-11-9-23-10-12-25;3-2(4,5)1(6)7/h2-8,15,23H,9-14,16H2,1H3;(H,6,7). The zero-order chi connectivity index (χ0) is 26.9. The number of sulfonamides is 1. The van der Waals surface area contributed by atoms with Crippen LogP contribution in [0.2, 0.25) is 5.02 Å². The molecule has 1 amide bonds. The van der Waals surface area contributed by atoms with Crippen LogP contribution < -0.4 is 5.32 Å². The Balaban J connectivity index is 0.000000572. The van der Waals surface area contributed by atoms with Crippen LogP contribution in [0.5, 0.6) is 0 Å². The normalized spacial score (nSPS) is 14.5. The smallest absolute Gasteiger partial charge is 0.475 e. The van der Waals surface area contributed by atoms with E-state index in [1.165, 1.54) is 4.31 Å². The number of piperazine rings is 1. The summed E-state index contributed by atoms with van der Waals surface area (Å²) in [5.74, 6) is -3.08. The number of amides is 1. The van der Waals surface area contributed by atoms with Crippen LogP contribution in [-0.4, -0.2) is 79.3 Å². The van der Waals surface area contributed by atoms with Crippen LogP contribution in [0.1, 0.15) is 21.5 Å². The molecule has 8 nitrogen and oxygen atoms in total. The number of halogens is 4. The van der Waals surface area contributed by atoms with E-state index in [9.17, 15) is 26.4 Å². The number of nitrogens with zero attached hydrogens (tertiary/aromatic N) is 2. The van der Waals surface area contributed by atoms with Crippen molar-refractivity contribution in [3.05, 3.63) is 70.2 Å². The van der Waals surface area contributed by atoms with Crippen molar-refractivity contribution in [2.75, 3.05) is 38.5 Å². The molecule has 2 aromatic carbocycles. The van der Waals surface area contributed by atoms with Gasteiger partial charge in [0.2, 0.25) is 10.0 Å². The Morgan fingerprint density at radius 2 is 1.72 bits per heavy atom. The van der Waals surface area contributed by atoms with E-state index in [4.69, 9.17) is 21.5 Å². The molecule has 1 fully saturated rings. The molecule has 2 aromatic rings. The average molecular weight is 550 g/mol. The summed E-state index contributed by atoms with van der Waals surface area (Å²) in [6.07, 6.45) is -5.08. The Bertz CT molecular complexity index is 1160. The molecule has 13 heteroatoms. The van der Waals surface area contributed by atoms with Gasteiger partial charge >= 0.3 is 12.1 Å². The van der Waals surface area contributed by atoms with E-state index in [1.807, 2.05) is 43.3 Å². The number of benzene rings is 2. The molecule has 0 atom stereocenters. The first-order chi connectivity index (χ1) is 16.8. The lowest BCUT2D eigenvalue weighted by Gasteiger charge is -2.29. The Morgan fingerprint density at radius 3 is 2.28 bits per heavy atom. The Morgan fingerprint density at radius 1 is 1.11 bits per heavy atom. The number of carboxylic acids is 1. The molecule has 0 aromatic heterocycles. The molecule has 0 bridgehead atoms. The summed E-state index contributed by atoms with van der Waals surface area (Å²) in [5.41, 5.74) is 2.30. The van der Waals surface area contributed by atoms with Gasteiger partial charge in [-0.25, -0.2) is 13.2 Å². The number of hydrogen-bond donors (Lipinski definition) is 2. The summed E-state index contributed by atoms with van der Waals surface area (Å²) in [6.45, 7) is 4.48. The quantitative estimate of drug-likeness (QED) is 0.549. The second kappa shape index (κ2) is 13.0. The van der Waals surface area contributed by atoms with Gasteiger partial charge < -0.3 is 15.3 Å². The molecule has 3 rings (SSSR count). The first-order valence-corrected chi connectivity index (χ1v) is 12.9. The Labute approximate surface area is 212 Å². The molecule has 36 heavy (non-hydrogen) atoms. The molecule has 0 radical (unpaired) electrons. The van der Waals surface area contributed by atoms with Crippen molar-refractivity contribution in [3.63, 3.8) is 0 Å². The number of aryl methyl sites for hydroxylation is 1. The number of alkyl halides is 3. The lowest BCUT2D eigenvalue weighted by Crippen LogP contribution is -2.48. The van der Waals surface area contributed by atoms with Gasteiger partial charge in [0.05, 0.1) is 5.75 Å². The maximum Gasteiger partial charge on any atom is 0.490 e. The Kier molecular flexibility index (Phi) is 10.7. The topological polar surface area (TPSA) is 107 Å². The van der Waals surface area contributed by atoms with Crippen molar-refractivity contribution < 1.29 is 36.3 Å². The zero-order valence-corrected chi connectivity index (χ0v) is 21.0. The highest BCUT2D eigenvalue weighted by Crippen LogP contribution is 2.19. The zero-order valence-electron chi connectivity index (χ0n) is 19.5. The third-order valence-electron chi connectivity index (χ3n) is 5.20. The van der Waals surface area contributed by atoms with Crippen molar-refractivity contribution in [1.82, 2.24) is 14.5 Å². The summed E-state index contributed by atoms with van der Waals surface area (Å²) in [7, 11) is -3.44. The third-order valence-corrected chi connectivity index (χ3v) is 7.42. The molecule has 0 unspecified atom stereocenters. The molecule has 1 heterocycles. The fraction of sp³-hybridized carbons (Fsp3) is 0.391. The molecule has 2 N–H and O–H groups in total. The SMILES string of the molecule is Cc1cccc(C(=O)N(CCS(=O)(=O)N2CCNCC2)Cc2ccccc2Cl)c1.O=C(O)C(F)(F)F. The number of carbonyl (C=O) groups is 2. The van der Waals surface area contributed by atoms with E-state index in [1.54, 1.807) is 17.0 Å². The summed E-state index contributed by atoms with van der Waals surface area (Å²) in [5, 5.41) is 10.8. The second-order valence-electron chi connectivity index (χ2n) is 7.96. The lowest BCUT2D eigenvalue weighted by molar-refractivity contribution is -0.192. The number of nitrogens with one attached hydrogen (secondary N) is 1. The number of hydrogen-bond acceptors (Lipinski definition) is 5. The van der Waals surface area contributed by atoms with E-state index in [0.717, 1.165) is 11.1 Å². The maximum absolute atomic E-state index is 13.2. The van der Waals surface area contributed by atoms with Crippen LogP contribution in [-0.2, 0) is 21.4 Å². The van der Waals surface area contributed by atoms with Crippen LogP contribution in [0.25, 0.3) is 0 Å². The first-order valence-electron chi connectivity index (χ1n) is 10.9. The van der Waals surface area contributed by atoms with E-state index >= 15 is 0 Å². The van der Waals surface area contributed by atoms with Gasteiger partial charge in [-0.2, -0.15) is 17.5 Å². The van der Waals surface area contributed by atoms with Crippen molar-refractivity contribution in [3.8, 4) is 0 Å². The Hall–Kier alpha value is -2.67. The molecule has 0 aliphatic carbocycles. The predicted octanol–water partition coefficient (Wildman–Crippen LogP) is 3.16. The summed E-state index contributed by atoms with van der Waals surface area (Å²) >= 11 is 6.28. The average Bonchev–Trinajstić information content (AvgIpc) is 2.83. The van der Waals surface area contributed by atoms with Crippen LogP contribution in [0.4, 0.5) is 13.2 Å². The van der Waals surface area contributed by atoms with Gasteiger partial charge in [-0.05, 0) is 30.7 Å².